The molecule has 37 heavy (non-hydrogen) atoms. The molecule has 0 aliphatic carbocycles. The molecule has 1 unspecified atom stereocenters. The van der Waals surface area contributed by atoms with Crippen molar-refractivity contribution in [2.24, 2.45) is 11.8 Å². The molecule has 198 valence electrons. The normalized spacial score (nSPS) is 33.7. The molecule has 9 nitrogen and oxygen atoms in total. The highest BCUT2D eigenvalue weighted by Crippen LogP contribution is 2.58. The number of carbonyl (C=O) groups excluding carboxylic acids is 3. The molecule has 1 N–H and O–H groups in total. The maximum absolute atomic E-state index is 14.3. The van der Waals surface area contributed by atoms with Crippen LogP contribution < -0.4 is 9.64 Å². The Hall–Kier alpha value is -3.17. The lowest BCUT2D eigenvalue weighted by atomic mass is 9.74. The van der Waals surface area contributed by atoms with Crippen LogP contribution in [0.25, 0.3) is 0 Å². The van der Waals surface area contributed by atoms with Gasteiger partial charge in [-0.2, -0.15) is 0 Å². The summed E-state index contributed by atoms with van der Waals surface area (Å²) < 4.78 is 12.0. The summed E-state index contributed by atoms with van der Waals surface area (Å²) in [6.45, 7) is 6.55. The molecule has 3 amide bonds. The van der Waals surface area contributed by atoms with E-state index in [4.69, 9.17) is 9.47 Å². The van der Waals surface area contributed by atoms with Gasteiger partial charge in [0.1, 0.15) is 17.4 Å². The van der Waals surface area contributed by atoms with E-state index in [-0.39, 0.29) is 30.9 Å². The predicted molar refractivity (Wildman–Crippen MR) is 137 cm³/mol. The Balaban J connectivity index is 1.63. The van der Waals surface area contributed by atoms with E-state index in [0.717, 1.165) is 6.42 Å². The van der Waals surface area contributed by atoms with Crippen molar-refractivity contribution in [1.29, 1.82) is 0 Å². The summed E-state index contributed by atoms with van der Waals surface area (Å²) in [5.41, 5.74) is -1.73. The van der Waals surface area contributed by atoms with Crippen LogP contribution in [0.5, 0.6) is 5.75 Å². The van der Waals surface area contributed by atoms with Crippen LogP contribution in [0.4, 0.5) is 5.69 Å². The molecule has 4 heterocycles. The summed E-state index contributed by atoms with van der Waals surface area (Å²) in [5.74, 6) is -1.79. The number of anilines is 1. The van der Waals surface area contributed by atoms with Crippen molar-refractivity contribution in [3.05, 3.63) is 48.6 Å². The summed E-state index contributed by atoms with van der Waals surface area (Å²) >= 11 is 0. The lowest BCUT2D eigenvalue weighted by Gasteiger charge is -2.39. The molecule has 6 atom stereocenters. The fourth-order valence-corrected chi connectivity index (χ4v) is 6.54. The molecule has 2 saturated heterocycles. The minimum absolute atomic E-state index is 0.140. The number of hydrogen-bond donors (Lipinski definition) is 1. The van der Waals surface area contributed by atoms with E-state index in [1.807, 2.05) is 38.2 Å². The topological polar surface area (TPSA) is 99.6 Å². The van der Waals surface area contributed by atoms with E-state index < -0.39 is 35.1 Å². The lowest BCUT2D eigenvalue weighted by Crippen LogP contribution is -2.58. The molecule has 1 spiro atoms. The Morgan fingerprint density at radius 3 is 2.41 bits per heavy atom. The number of likely N-dealkylation sites (tertiary alicyclic amines) is 1. The number of aliphatic hydroxyl groups is 1. The van der Waals surface area contributed by atoms with E-state index in [1.165, 1.54) is 4.90 Å². The van der Waals surface area contributed by atoms with Crippen LogP contribution >= 0.6 is 0 Å². The highest BCUT2D eigenvalue weighted by Gasteiger charge is 2.75. The van der Waals surface area contributed by atoms with E-state index in [9.17, 15) is 19.5 Å². The number of nitrogens with zero attached hydrogens (tertiary/aromatic N) is 3. The molecule has 0 radical (unpaired) electrons. The van der Waals surface area contributed by atoms with Crippen LogP contribution in [0.1, 0.15) is 27.2 Å². The third-order valence-electron chi connectivity index (χ3n) is 8.19. The number of rotatable bonds is 6. The smallest absolute Gasteiger partial charge is 0.253 e. The Morgan fingerprint density at radius 1 is 1.05 bits per heavy atom. The van der Waals surface area contributed by atoms with Gasteiger partial charge in [0.05, 0.1) is 37.2 Å². The van der Waals surface area contributed by atoms with Gasteiger partial charge in [-0.3, -0.25) is 14.4 Å². The first-order valence-electron chi connectivity index (χ1n) is 12.9. The van der Waals surface area contributed by atoms with E-state index in [0.29, 0.717) is 24.5 Å². The first-order valence-corrected chi connectivity index (χ1v) is 12.9. The number of methoxy groups -OCH3 is 1. The summed E-state index contributed by atoms with van der Waals surface area (Å²) in [5, 5.41) is 10.1. The van der Waals surface area contributed by atoms with Gasteiger partial charge in [-0.1, -0.05) is 31.2 Å². The predicted octanol–water partition coefficient (Wildman–Crippen LogP) is 1.76. The van der Waals surface area contributed by atoms with E-state index in [2.05, 4.69) is 0 Å². The zero-order valence-corrected chi connectivity index (χ0v) is 21.8. The largest absolute Gasteiger partial charge is 0.497 e. The van der Waals surface area contributed by atoms with Gasteiger partial charge in [0.15, 0.2) is 0 Å². The van der Waals surface area contributed by atoms with Crippen LogP contribution in [-0.2, 0) is 19.1 Å². The van der Waals surface area contributed by atoms with Gasteiger partial charge in [0.2, 0.25) is 11.8 Å². The van der Waals surface area contributed by atoms with Crippen LogP contribution in [-0.4, -0.2) is 89.3 Å². The van der Waals surface area contributed by atoms with Crippen molar-refractivity contribution in [1.82, 2.24) is 9.80 Å². The lowest BCUT2D eigenvalue weighted by molar-refractivity contribution is -0.150. The first-order chi connectivity index (χ1) is 17.7. The Bertz CT molecular complexity index is 1150. The number of amides is 3. The molecule has 2 fully saturated rings. The standard InChI is InChI=1S/C28H35N3O6/c1-5-14-29-15-6-12-27(3)21(24(29)33)22-25(34)31(18(2)17-32)23-26(35)30(16-7-13-28(22,23)37-27)19-8-10-20(36-4)11-9-19/h6-13,18,21-23,32H,5,14-17H2,1-4H3/t18-,21+,22+,23?,27-,28+/m1/s1. The summed E-state index contributed by atoms with van der Waals surface area (Å²) in [7, 11) is 1.58. The Kier molecular flexibility index (Phi) is 6.40. The van der Waals surface area contributed by atoms with Gasteiger partial charge in [0, 0.05) is 25.3 Å². The number of ether oxygens (including phenoxy) is 2. The second kappa shape index (κ2) is 9.29. The van der Waals surface area contributed by atoms with Crippen LogP contribution in [0, 0.1) is 11.8 Å². The van der Waals surface area contributed by atoms with Crippen molar-refractivity contribution < 1.29 is 29.0 Å². The number of aliphatic hydroxyl groups excluding tert-OH is 1. The number of benzene rings is 1. The van der Waals surface area contributed by atoms with Crippen LogP contribution in [0.3, 0.4) is 0 Å². The second-order valence-electron chi connectivity index (χ2n) is 10.5. The summed E-state index contributed by atoms with van der Waals surface area (Å²) in [6.07, 6.45) is 8.26. The molecule has 1 aromatic rings. The van der Waals surface area contributed by atoms with Crippen LogP contribution in [0.2, 0.25) is 0 Å². The van der Waals surface area contributed by atoms with Crippen molar-refractivity contribution in [3.8, 4) is 5.75 Å². The zero-order chi connectivity index (χ0) is 26.5. The van der Waals surface area contributed by atoms with E-state index >= 15 is 0 Å². The molecule has 5 rings (SSSR count). The van der Waals surface area contributed by atoms with Crippen LogP contribution in [0.15, 0.2) is 48.6 Å². The molecular formula is C28H35N3O6. The van der Waals surface area contributed by atoms with Crippen molar-refractivity contribution in [3.63, 3.8) is 0 Å². The maximum atomic E-state index is 14.3. The molecule has 1 aromatic carbocycles. The molecule has 4 aliphatic heterocycles. The second-order valence-corrected chi connectivity index (χ2v) is 10.5. The minimum atomic E-state index is -1.34. The quantitative estimate of drug-likeness (QED) is 0.587. The van der Waals surface area contributed by atoms with Crippen molar-refractivity contribution in [2.45, 2.75) is 50.5 Å². The molecule has 9 heteroatoms. The highest BCUT2D eigenvalue weighted by atomic mass is 16.5. The maximum Gasteiger partial charge on any atom is 0.253 e. The molecule has 0 aromatic heterocycles. The monoisotopic (exact) mass is 509 g/mol. The highest BCUT2D eigenvalue weighted by molar-refractivity contribution is 6.06. The van der Waals surface area contributed by atoms with Gasteiger partial charge >= 0.3 is 0 Å². The van der Waals surface area contributed by atoms with Gasteiger partial charge in [-0.15, -0.1) is 0 Å². The zero-order valence-electron chi connectivity index (χ0n) is 21.8. The Morgan fingerprint density at radius 2 is 1.76 bits per heavy atom. The third kappa shape index (κ3) is 3.70. The SMILES string of the molecule is CCCN1CC=C[C@@]2(C)O[C@]34C=CCN(c5ccc(OC)cc5)C(=O)C3N([C@H](C)CO)C(=O)[C@@H]4[C@H]2C1=O. The van der Waals surface area contributed by atoms with Crippen molar-refractivity contribution in [2.75, 3.05) is 38.3 Å². The number of carbonyl (C=O) groups is 3. The molecule has 0 saturated carbocycles. The van der Waals surface area contributed by atoms with Gasteiger partial charge < -0.3 is 29.3 Å². The van der Waals surface area contributed by atoms with Gasteiger partial charge in [-0.25, -0.2) is 0 Å². The minimum Gasteiger partial charge on any atom is -0.497 e. The first kappa shape index (κ1) is 25.5. The average Bonchev–Trinajstić information content (AvgIpc) is 3.17. The molecule has 0 bridgehead atoms. The fourth-order valence-electron chi connectivity index (χ4n) is 6.54. The molecule has 4 aliphatic rings. The van der Waals surface area contributed by atoms with Gasteiger partial charge in [-0.05, 0) is 44.5 Å². The van der Waals surface area contributed by atoms with Gasteiger partial charge in [0.25, 0.3) is 5.91 Å². The number of hydrogen-bond acceptors (Lipinski definition) is 6. The fraction of sp³-hybridized carbons (Fsp3) is 0.536. The Labute approximate surface area is 217 Å². The van der Waals surface area contributed by atoms with E-state index in [1.54, 1.807) is 48.1 Å². The summed E-state index contributed by atoms with van der Waals surface area (Å²) in [6, 6.07) is 5.49. The summed E-state index contributed by atoms with van der Waals surface area (Å²) in [4.78, 5) is 47.2. The number of fused-ring (bicyclic) bond motifs is 2. The third-order valence-corrected chi connectivity index (χ3v) is 8.19. The molecular weight excluding hydrogens is 474 g/mol. The van der Waals surface area contributed by atoms with Crippen molar-refractivity contribution >= 4 is 23.4 Å². The average molecular weight is 510 g/mol.